The van der Waals surface area contributed by atoms with Gasteiger partial charge in [-0.15, -0.1) is 0 Å². The number of aliphatic imine (C=N–C) groups is 1. The highest BCUT2D eigenvalue weighted by atomic mass is 16.6. The molecule has 4 heterocycles. The molecule has 3 saturated carbocycles. The maximum atomic E-state index is 13.1. The summed E-state index contributed by atoms with van der Waals surface area (Å²) >= 11 is 0. The summed E-state index contributed by atoms with van der Waals surface area (Å²) in [5, 5.41) is 1.21. The third-order valence-electron chi connectivity index (χ3n) is 11.8. The van der Waals surface area contributed by atoms with Crippen molar-refractivity contribution in [1.82, 2.24) is 19.9 Å². The van der Waals surface area contributed by atoms with Crippen molar-refractivity contribution in [2.45, 2.75) is 77.0 Å². The molecule has 0 spiro atoms. The van der Waals surface area contributed by atoms with Crippen molar-refractivity contribution in [3.63, 3.8) is 0 Å². The number of likely N-dealkylation sites (tertiary alicyclic amines) is 1. The molecule has 1 amide bonds. The smallest absolute Gasteiger partial charge is 0.411 e. The Hall–Kier alpha value is -4.91. The lowest BCUT2D eigenvalue weighted by Crippen LogP contribution is -2.38. The number of benzene rings is 3. The van der Waals surface area contributed by atoms with E-state index < -0.39 is 5.60 Å². The van der Waals surface area contributed by atoms with Gasteiger partial charge in [0.25, 0.3) is 0 Å². The van der Waals surface area contributed by atoms with E-state index in [9.17, 15) is 4.79 Å². The average Bonchev–Trinajstić information content (AvgIpc) is 3.62. The first-order valence-electron chi connectivity index (χ1n) is 18.4. The van der Waals surface area contributed by atoms with Crippen molar-refractivity contribution < 1.29 is 9.53 Å². The summed E-state index contributed by atoms with van der Waals surface area (Å²) in [6, 6.07) is 24.4. The van der Waals surface area contributed by atoms with Gasteiger partial charge in [0.1, 0.15) is 11.4 Å². The zero-order chi connectivity index (χ0) is 33.7. The maximum absolute atomic E-state index is 13.1. The van der Waals surface area contributed by atoms with Crippen molar-refractivity contribution in [1.29, 1.82) is 0 Å². The first kappa shape index (κ1) is 30.0. The van der Waals surface area contributed by atoms with Gasteiger partial charge in [0, 0.05) is 35.3 Å². The normalized spacial score (nSPS) is 26.5. The minimum atomic E-state index is -0.524. The average molecular weight is 662 g/mol. The van der Waals surface area contributed by atoms with Crippen LogP contribution in [0.1, 0.15) is 76.7 Å². The summed E-state index contributed by atoms with van der Waals surface area (Å²) in [6.07, 6.45) is 13.2. The Morgan fingerprint density at radius 2 is 1.50 bits per heavy atom. The lowest BCUT2D eigenvalue weighted by Gasteiger charge is -2.29. The molecule has 2 aromatic heterocycles. The van der Waals surface area contributed by atoms with Crippen molar-refractivity contribution in [3.05, 3.63) is 96.6 Å². The first-order chi connectivity index (χ1) is 24.3. The van der Waals surface area contributed by atoms with Crippen molar-refractivity contribution in [2.24, 2.45) is 28.7 Å². The number of ether oxygens (including phenoxy) is 1. The summed E-state index contributed by atoms with van der Waals surface area (Å²) < 4.78 is 5.76. The van der Waals surface area contributed by atoms with Gasteiger partial charge in [-0.2, -0.15) is 0 Å². The number of allylic oxidation sites excluding steroid dienone is 1. The lowest BCUT2D eigenvalue weighted by molar-refractivity contribution is 0.0175. The molecule has 0 radical (unpaired) electrons. The summed E-state index contributed by atoms with van der Waals surface area (Å²) in [5.74, 6) is 4.07. The van der Waals surface area contributed by atoms with Crippen molar-refractivity contribution >= 4 is 28.4 Å². The monoisotopic (exact) mass is 661 g/mol. The number of hydrogen-bond donors (Lipinski definition) is 2. The molecule has 3 aliphatic carbocycles. The van der Waals surface area contributed by atoms with Crippen molar-refractivity contribution in [3.8, 4) is 33.5 Å². The number of amides is 1. The standard InChI is InChI=1S/C43H43N5O2/c1-43(2,3)50-42(49)48-38-21-31(38)22-39(48)41-45-23-37(47-41)27-10-6-25(7-11-27)33-13-12-32(34-16-17-44-40(33)34)24-4-8-26(9-5-24)35-14-15-36(46-35)30-19-28-18-29(28)20-30/h4-14,16-17,23,28-31,38-39,44H,15,18-22H2,1-3H3,(H,45,47)/t28-,29+,30?,31-,38-,39+/m1/s1. The van der Waals surface area contributed by atoms with Gasteiger partial charge in [-0.05, 0) is 110 Å². The highest BCUT2D eigenvalue weighted by Crippen LogP contribution is 2.56. The van der Waals surface area contributed by atoms with Crippen LogP contribution in [-0.2, 0) is 4.74 Å². The fourth-order valence-corrected chi connectivity index (χ4v) is 9.10. The predicted molar refractivity (Wildman–Crippen MR) is 198 cm³/mol. The molecule has 2 aliphatic heterocycles. The lowest BCUT2D eigenvalue weighted by atomic mass is 9.95. The Morgan fingerprint density at radius 3 is 2.26 bits per heavy atom. The Morgan fingerprint density at radius 1 is 0.800 bits per heavy atom. The molecule has 50 heavy (non-hydrogen) atoms. The van der Waals surface area contributed by atoms with Gasteiger partial charge >= 0.3 is 6.09 Å². The third kappa shape index (κ3) is 5.21. The summed E-state index contributed by atoms with van der Waals surface area (Å²) in [5.41, 5.74) is 11.1. The zero-order valence-electron chi connectivity index (χ0n) is 28.9. The minimum absolute atomic E-state index is 0.0781. The van der Waals surface area contributed by atoms with Crippen LogP contribution in [0.15, 0.2) is 90.2 Å². The van der Waals surface area contributed by atoms with Crippen LogP contribution in [0.25, 0.3) is 50.1 Å². The molecule has 5 aromatic rings. The number of hydrogen-bond acceptors (Lipinski definition) is 4. The summed E-state index contributed by atoms with van der Waals surface area (Å²) in [6.45, 7) is 5.75. The van der Waals surface area contributed by atoms with Crippen LogP contribution in [0.4, 0.5) is 4.79 Å². The van der Waals surface area contributed by atoms with Crippen molar-refractivity contribution in [2.75, 3.05) is 0 Å². The van der Waals surface area contributed by atoms with Gasteiger partial charge in [0.2, 0.25) is 0 Å². The number of rotatable bonds is 6. The molecule has 7 heteroatoms. The third-order valence-corrected chi connectivity index (χ3v) is 11.8. The number of nitrogens with one attached hydrogen (secondary N) is 2. The molecule has 3 aromatic carbocycles. The molecule has 1 saturated heterocycles. The molecule has 4 fully saturated rings. The maximum Gasteiger partial charge on any atom is 0.411 e. The molecular weight excluding hydrogens is 619 g/mol. The SMILES string of the molecule is CC(C)(C)OC(=O)N1[C@@H]2C[C@@H]2C[C@H]1c1ncc(-c2ccc(-c3ccc(-c4ccc(C5=CCC(C6C[C@@H]7C[C@@H]7C6)=N5)cc4)c4cc[nH]c34)cc2)[nH]1. The van der Waals surface area contributed by atoms with Gasteiger partial charge in [-0.1, -0.05) is 66.7 Å². The number of carbonyl (C=O) groups excluding carboxylic acids is 1. The fourth-order valence-electron chi connectivity index (χ4n) is 9.10. The number of nitrogens with zero attached hydrogens (tertiary/aromatic N) is 3. The van der Waals surface area contributed by atoms with E-state index in [1.54, 1.807) is 0 Å². The fraction of sp³-hybridized carbons (Fsp3) is 0.372. The minimum Gasteiger partial charge on any atom is -0.444 e. The summed E-state index contributed by atoms with van der Waals surface area (Å²) in [4.78, 5) is 31.9. The molecule has 1 unspecified atom stereocenters. The number of carbonyl (C=O) groups is 1. The van der Waals surface area contributed by atoms with Crippen LogP contribution < -0.4 is 0 Å². The van der Waals surface area contributed by atoms with Gasteiger partial charge in [-0.25, -0.2) is 9.78 Å². The van der Waals surface area contributed by atoms with Gasteiger partial charge in [0.15, 0.2) is 0 Å². The van der Waals surface area contributed by atoms with E-state index in [-0.39, 0.29) is 18.2 Å². The van der Waals surface area contributed by atoms with E-state index in [4.69, 9.17) is 14.7 Å². The van der Waals surface area contributed by atoms with Crippen LogP contribution in [0, 0.1) is 23.7 Å². The second kappa shape index (κ2) is 11.0. The summed E-state index contributed by atoms with van der Waals surface area (Å²) in [7, 11) is 0. The Kier molecular flexibility index (Phi) is 6.62. The van der Waals surface area contributed by atoms with Crippen LogP contribution in [0.2, 0.25) is 0 Å². The van der Waals surface area contributed by atoms with Gasteiger partial charge in [0.05, 0.1) is 29.1 Å². The Bertz CT molecular complexity index is 2190. The number of fused-ring (bicyclic) bond motifs is 3. The van der Waals surface area contributed by atoms with Gasteiger partial charge in [-0.3, -0.25) is 9.89 Å². The van der Waals surface area contributed by atoms with Gasteiger partial charge < -0.3 is 14.7 Å². The van der Waals surface area contributed by atoms with E-state index in [0.29, 0.717) is 11.8 Å². The molecule has 2 N–H and O–H groups in total. The number of aromatic nitrogens is 3. The molecule has 0 bridgehead atoms. The van der Waals surface area contributed by atoms with Crippen LogP contribution in [0.5, 0.6) is 0 Å². The topological polar surface area (TPSA) is 86.4 Å². The van der Waals surface area contributed by atoms with E-state index in [1.807, 2.05) is 38.1 Å². The highest BCUT2D eigenvalue weighted by Gasteiger charge is 2.56. The van der Waals surface area contributed by atoms with E-state index >= 15 is 0 Å². The molecule has 6 atom stereocenters. The largest absolute Gasteiger partial charge is 0.444 e. The zero-order valence-corrected chi connectivity index (χ0v) is 28.9. The van der Waals surface area contributed by atoms with E-state index in [2.05, 4.69) is 82.8 Å². The first-order valence-corrected chi connectivity index (χ1v) is 18.4. The van der Waals surface area contributed by atoms with E-state index in [0.717, 1.165) is 65.0 Å². The second-order valence-electron chi connectivity index (χ2n) is 16.3. The second-order valence-corrected chi connectivity index (χ2v) is 16.3. The highest BCUT2D eigenvalue weighted by molar-refractivity contribution is 6.03. The molecule has 5 aliphatic rings. The number of H-pyrrole nitrogens is 2. The van der Waals surface area contributed by atoms with Crippen LogP contribution >= 0.6 is 0 Å². The van der Waals surface area contributed by atoms with Crippen LogP contribution in [-0.4, -0.2) is 43.3 Å². The van der Waals surface area contributed by atoms with Crippen LogP contribution in [0.3, 0.4) is 0 Å². The molecular formula is C43H43N5O2. The number of piperidine rings is 1. The molecule has 252 valence electrons. The molecule has 7 nitrogen and oxygen atoms in total. The Labute approximate surface area is 292 Å². The Balaban J connectivity index is 0.861. The number of imidazole rings is 1. The molecule has 10 rings (SSSR count). The predicted octanol–water partition coefficient (Wildman–Crippen LogP) is 10.2. The quantitative estimate of drug-likeness (QED) is 0.190. The number of aromatic amines is 2. The van der Waals surface area contributed by atoms with E-state index in [1.165, 1.54) is 52.6 Å².